The van der Waals surface area contributed by atoms with Gasteiger partial charge in [0, 0.05) is 24.7 Å². The minimum Gasteiger partial charge on any atom is -0.354 e. The maximum absolute atomic E-state index is 12.3. The van der Waals surface area contributed by atoms with Crippen LogP contribution in [0.2, 0.25) is 5.15 Å². The number of hydrogen-bond acceptors (Lipinski definition) is 6. The van der Waals surface area contributed by atoms with Crippen molar-refractivity contribution in [1.29, 1.82) is 0 Å². The monoisotopic (exact) mass is 323 g/mol. The van der Waals surface area contributed by atoms with E-state index in [4.69, 9.17) is 11.6 Å². The Morgan fingerprint density at radius 3 is 3.05 bits per heavy atom. The van der Waals surface area contributed by atoms with Gasteiger partial charge in [-0.1, -0.05) is 11.6 Å². The van der Waals surface area contributed by atoms with E-state index in [2.05, 4.69) is 25.4 Å². The van der Waals surface area contributed by atoms with Gasteiger partial charge in [-0.15, -0.1) is 21.5 Å². The highest BCUT2D eigenvalue weighted by molar-refractivity contribution is 7.13. The predicted octanol–water partition coefficient (Wildman–Crippen LogP) is 2.44. The summed E-state index contributed by atoms with van der Waals surface area (Å²) in [6.07, 6.45) is 3.49. The highest BCUT2D eigenvalue weighted by atomic mass is 35.5. The molecule has 0 unspecified atom stereocenters. The molecular weight excluding hydrogens is 310 g/mol. The van der Waals surface area contributed by atoms with Gasteiger partial charge < -0.3 is 10.2 Å². The highest BCUT2D eigenvalue weighted by Crippen LogP contribution is 2.23. The lowest BCUT2D eigenvalue weighted by Crippen LogP contribution is -2.41. The fourth-order valence-electron chi connectivity index (χ4n) is 2.37. The van der Waals surface area contributed by atoms with Crippen LogP contribution >= 0.6 is 22.9 Å². The molecule has 0 aliphatic carbocycles. The summed E-state index contributed by atoms with van der Waals surface area (Å²) < 4.78 is 0. The molecule has 1 amide bonds. The summed E-state index contributed by atoms with van der Waals surface area (Å²) in [7, 11) is 0. The molecular formula is C13H14ClN5OS. The van der Waals surface area contributed by atoms with Gasteiger partial charge in [-0.3, -0.25) is 4.79 Å². The maximum Gasteiger partial charge on any atom is 0.231 e. The summed E-state index contributed by atoms with van der Waals surface area (Å²) in [4.78, 5) is 18.4. The van der Waals surface area contributed by atoms with Gasteiger partial charge in [0.05, 0.1) is 5.92 Å². The second-order valence-corrected chi connectivity index (χ2v) is 6.11. The molecule has 1 N–H and O–H groups in total. The molecule has 2 aromatic heterocycles. The van der Waals surface area contributed by atoms with Gasteiger partial charge >= 0.3 is 0 Å². The van der Waals surface area contributed by atoms with Gasteiger partial charge in [0.2, 0.25) is 5.91 Å². The van der Waals surface area contributed by atoms with Crippen LogP contribution in [0.3, 0.4) is 0 Å². The normalized spacial score (nSPS) is 18.5. The van der Waals surface area contributed by atoms with E-state index in [1.807, 2.05) is 11.4 Å². The van der Waals surface area contributed by atoms with Crippen molar-refractivity contribution in [3.05, 3.63) is 28.9 Å². The zero-order valence-electron chi connectivity index (χ0n) is 11.2. The molecule has 3 rings (SSSR count). The van der Waals surface area contributed by atoms with Crippen LogP contribution in [0.5, 0.6) is 0 Å². The number of carbonyl (C=O) groups excluding carboxylic acids is 1. The van der Waals surface area contributed by atoms with Crippen molar-refractivity contribution in [2.75, 3.05) is 23.3 Å². The van der Waals surface area contributed by atoms with Crippen molar-refractivity contribution in [2.24, 2.45) is 5.92 Å². The first-order valence-corrected chi connectivity index (χ1v) is 7.92. The number of piperidine rings is 1. The molecule has 3 heterocycles. The Balaban J connectivity index is 1.65. The second kappa shape index (κ2) is 6.36. The minimum absolute atomic E-state index is 0.0107. The highest BCUT2D eigenvalue weighted by Gasteiger charge is 2.27. The van der Waals surface area contributed by atoms with E-state index in [-0.39, 0.29) is 11.8 Å². The van der Waals surface area contributed by atoms with Crippen molar-refractivity contribution < 1.29 is 4.79 Å². The van der Waals surface area contributed by atoms with Crippen LogP contribution in [0.25, 0.3) is 0 Å². The molecule has 1 atom stereocenters. The van der Waals surface area contributed by atoms with Crippen molar-refractivity contribution >= 4 is 39.8 Å². The Bertz CT molecular complexity index is 604. The molecule has 21 heavy (non-hydrogen) atoms. The predicted molar refractivity (Wildman–Crippen MR) is 82.7 cm³/mol. The average Bonchev–Trinajstić information content (AvgIpc) is 3.01. The number of anilines is 2. The van der Waals surface area contributed by atoms with E-state index in [1.165, 1.54) is 11.3 Å². The molecule has 0 radical (unpaired) electrons. The van der Waals surface area contributed by atoms with Gasteiger partial charge in [0.1, 0.15) is 0 Å². The molecule has 0 spiro atoms. The molecule has 1 fully saturated rings. The molecule has 6 nitrogen and oxygen atoms in total. The molecule has 1 aliphatic heterocycles. The quantitative estimate of drug-likeness (QED) is 0.939. The van der Waals surface area contributed by atoms with Crippen LogP contribution in [-0.4, -0.2) is 34.2 Å². The number of amides is 1. The van der Waals surface area contributed by atoms with Crippen LogP contribution < -0.4 is 10.2 Å². The van der Waals surface area contributed by atoms with E-state index in [9.17, 15) is 4.79 Å². The number of rotatable bonds is 3. The Hall–Kier alpha value is -1.73. The molecule has 1 saturated heterocycles. The van der Waals surface area contributed by atoms with E-state index in [0.29, 0.717) is 16.8 Å². The second-order valence-electron chi connectivity index (χ2n) is 4.83. The first-order valence-electron chi connectivity index (χ1n) is 6.67. The van der Waals surface area contributed by atoms with Crippen LogP contribution in [0.4, 0.5) is 10.9 Å². The molecule has 110 valence electrons. The Kier molecular flexibility index (Phi) is 4.31. The lowest BCUT2D eigenvalue weighted by atomic mass is 9.97. The number of nitrogens with one attached hydrogen (secondary N) is 1. The lowest BCUT2D eigenvalue weighted by molar-refractivity contribution is -0.120. The molecule has 8 heteroatoms. The Labute approximate surface area is 131 Å². The fraction of sp³-hybridized carbons (Fsp3) is 0.385. The number of hydrogen-bond donors (Lipinski definition) is 1. The van der Waals surface area contributed by atoms with Gasteiger partial charge in [-0.25, -0.2) is 4.98 Å². The smallest absolute Gasteiger partial charge is 0.231 e. The fourth-order valence-corrected chi connectivity index (χ4v) is 3.00. The summed E-state index contributed by atoms with van der Waals surface area (Å²) in [5, 5.41) is 13.6. The van der Waals surface area contributed by atoms with Crippen molar-refractivity contribution in [2.45, 2.75) is 12.8 Å². The molecule has 2 aromatic rings. The topological polar surface area (TPSA) is 71.0 Å². The third-order valence-electron chi connectivity index (χ3n) is 3.40. The molecule has 1 aliphatic rings. The minimum atomic E-state index is -0.0693. The van der Waals surface area contributed by atoms with Crippen LogP contribution in [0.15, 0.2) is 23.7 Å². The van der Waals surface area contributed by atoms with Gasteiger partial charge in [0.15, 0.2) is 16.1 Å². The Morgan fingerprint density at radius 2 is 2.33 bits per heavy atom. The molecule has 0 saturated carbocycles. The summed E-state index contributed by atoms with van der Waals surface area (Å²) >= 11 is 7.17. The third-order valence-corrected chi connectivity index (χ3v) is 4.29. The SMILES string of the molecule is O=C(Nc1nccs1)[C@H]1CCCN(c2ccc(Cl)nn2)C1. The van der Waals surface area contributed by atoms with E-state index in [0.717, 1.165) is 25.2 Å². The number of thiazole rings is 1. The molecule has 0 bridgehead atoms. The number of aromatic nitrogens is 3. The summed E-state index contributed by atoms with van der Waals surface area (Å²) in [6.45, 7) is 1.50. The number of carbonyl (C=O) groups is 1. The van der Waals surface area contributed by atoms with Gasteiger partial charge in [-0.2, -0.15) is 0 Å². The maximum atomic E-state index is 12.3. The lowest BCUT2D eigenvalue weighted by Gasteiger charge is -2.32. The molecule has 0 aromatic carbocycles. The van der Waals surface area contributed by atoms with Gasteiger partial charge in [0.25, 0.3) is 0 Å². The third kappa shape index (κ3) is 3.48. The largest absolute Gasteiger partial charge is 0.354 e. The van der Waals surface area contributed by atoms with Gasteiger partial charge in [-0.05, 0) is 25.0 Å². The van der Waals surface area contributed by atoms with Crippen LogP contribution in [0, 0.1) is 5.92 Å². The van der Waals surface area contributed by atoms with E-state index in [1.54, 1.807) is 12.3 Å². The van der Waals surface area contributed by atoms with E-state index < -0.39 is 0 Å². The first kappa shape index (κ1) is 14.2. The zero-order chi connectivity index (χ0) is 14.7. The van der Waals surface area contributed by atoms with Crippen molar-refractivity contribution in [1.82, 2.24) is 15.2 Å². The summed E-state index contributed by atoms with van der Waals surface area (Å²) in [5.41, 5.74) is 0. The first-order chi connectivity index (χ1) is 10.2. The number of halogens is 1. The Morgan fingerprint density at radius 1 is 1.43 bits per heavy atom. The standard InChI is InChI=1S/C13H14ClN5OS/c14-10-3-4-11(18-17-10)19-6-1-2-9(8-19)12(20)16-13-15-5-7-21-13/h3-5,7,9H,1-2,6,8H2,(H,15,16,20)/t9-/m0/s1. The van der Waals surface area contributed by atoms with Crippen LogP contribution in [-0.2, 0) is 4.79 Å². The van der Waals surface area contributed by atoms with E-state index >= 15 is 0 Å². The number of nitrogens with zero attached hydrogens (tertiary/aromatic N) is 4. The summed E-state index contributed by atoms with van der Waals surface area (Å²) in [6, 6.07) is 3.54. The van der Waals surface area contributed by atoms with Crippen LogP contribution in [0.1, 0.15) is 12.8 Å². The van der Waals surface area contributed by atoms with Crippen molar-refractivity contribution in [3.8, 4) is 0 Å². The average molecular weight is 324 g/mol. The zero-order valence-corrected chi connectivity index (χ0v) is 12.8. The summed E-state index contributed by atoms with van der Waals surface area (Å²) in [5.74, 6) is 0.697. The van der Waals surface area contributed by atoms with Crippen molar-refractivity contribution in [3.63, 3.8) is 0 Å².